The highest BCUT2D eigenvalue weighted by molar-refractivity contribution is 5.77. The van der Waals surface area contributed by atoms with Crippen molar-refractivity contribution in [3.05, 3.63) is 24.0 Å². The lowest BCUT2D eigenvalue weighted by atomic mass is 9.96. The first-order valence-electron chi connectivity index (χ1n) is 7.42. The minimum atomic E-state index is -0.208. The number of carbonyl (C=O) groups excluding carboxylic acids is 1. The molecule has 0 unspecified atom stereocenters. The number of aryl methyl sites for hydroxylation is 2. The summed E-state index contributed by atoms with van der Waals surface area (Å²) in [5.41, 5.74) is 8.25. The van der Waals surface area contributed by atoms with Crippen LogP contribution in [0, 0.1) is 12.8 Å². The van der Waals surface area contributed by atoms with E-state index in [0.29, 0.717) is 5.95 Å². The molecule has 2 aromatic rings. The number of piperidine rings is 1. The molecule has 2 N–H and O–H groups in total. The van der Waals surface area contributed by atoms with Crippen LogP contribution in [-0.2, 0) is 11.8 Å². The number of aromatic nitrogens is 4. The van der Waals surface area contributed by atoms with Crippen LogP contribution in [0.1, 0.15) is 18.4 Å². The van der Waals surface area contributed by atoms with E-state index in [1.54, 1.807) is 10.9 Å². The van der Waals surface area contributed by atoms with Gasteiger partial charge in [0.25, 0.3) is 0 Å². The summed E-state index contributed by atoms with van der Waals surface area (Å²) in [7, 11) is 1.90. The Balaban J connectivity index is 1.84. The number of carbonyl (C=O) groups is 1. The van der Waals surface area contributed by atoms with Crippen LogP contribution in [0.3, 0.4) is 0 Å². The number of anilines is 1. The molecule has 1 amide bonds. The molecule has 1 fully saturated rings. The highest BCUT2D eigenvalue weighted by Gasteiger charge is 2.25. The van der Waals surface area contributed by atoms with Crippen LogP contribution in [0.15, 0.2) is 18.5 Å². The Bertz CT molecular complexity index is 687. The number of amides is 1. The quantitative estimate of drug-likeness (QED) is 0.909. The molecule has 0 atom stereocenters. The van der Waals surface area contributed by atoms with Gasteiger partial charge in [0.05, 0.1) is 11.4 Å². The molecule has 1 aliphatic heterocycles. The van der Waals surface area contributed by atoms with Gasteiger partial charge >= 0.3 is 0 Å². The highest BCUT2D eigenvalue weighted by atomic mass is 16.1. The van der Waals surface area contributed by atoms with Gasteiger partial charge in [-0.3, -0.25) is 9.48 Å². The summed E-state index contributed by atoms with van der Waals surface area (Å²) in [4.78, 5) is 22.5. The van der Waals surface area contributed by atoms with E-state index in [0.717, 1.165) is 42.9 Å². The van der Waals surface area contributed by atoms with Crippen LogP contribution in [0.25, 0.3) is 11.4 Å². The van der Waals surface area contributed by atoms with Crippen LogP contribution < -0.4 is 10.6 Å². The molecule has 0 bridgehead atoms. The topological polar surface area (TPSA) is 89.9 Å². The van der Waals surface area contributed by atoms with Crippen molar-refractivity contribution in [2.75, 3.05) is 18.0 Å². The van der Waals surface area contributed by atoms with E-state index in [9.17, 15) is 4.79 Å². The van der Waals surface area contributed by atoms with Gasteiger partial charge in [-0.15, -0.1) is 0 Å². The van der Waals surface area contributed by atoms with Crippen molar-refractivity contribution in [2.45, 2.75) is 19.8 Å². The predicted octanol–water partition coefficient (Wildman–Crippen LogP) is 0.887. The lowest BCUT2D eigenvalue weighted by Crippen LogP contribution is -2.39. The summed E-state index contributed by atoms with van der Waals surface area (Å²) in [5.74, 6) is 0.461. The van der Waals surface area contributed by atoms with Crippen LogP contribution in [0.4, 0.5) is 5.95 Å². The minimum absolute atomic E-state index is 0.0294. The number of hydrogen-bond acceptors (Lipinski definition) is 5. The lowest BCUT2D eigenvalue weighted by Gasteiger charge is -2.30. The average molecular weight is 300 g/mol. The first-order chi connectivity index (χ1) is 10.6. The molecular weight excluding hydrogens is 280 g/mol. The van der Waals surface area contributed by atoms with Crippen LogP contribution in [-0.4, -0.2) is 38.7 Å². The van der Waals surface area contributed by atoms with Gasteiger partial charge in [0, 0.05) is 38.4 Å². The summed E-state index contributed by atoms with van der Waals surface area (Å²) in [5, 5.41) is 4.20. The minimum Gasteiger partial charge on any atom is -0.369 e. The number of nitrogens with two attached hydrogens (primary N) is 1. The van der Waals surface area contributed by atoms with Gasteiger partial charge in [-0.25, -0.2) is 9.97 Å². The zero-order chi connectivity index (χ0) is 15.7. The van der Waals surface area contributed by atoms with Gasteiger partial charge in [0.2, 0.25) is 11.9 Å². The smallest absolute Gasteiger partial charge is 0.225 e. The molecule has 0 radical (unpaired) electrons. The molecule has 0 aliphatic carbocycles. The molecule has 0 spiro atoms. The standard InChI is InChI=1S/C15H20N6O/c1-10-9-17-15(19-13(10)12-3-6-18-20(12)2)21-7-4-11(5-8-21)14(16)22/h3,6,9,11H,4-5,7-8H2,1-2H3,(H2,16,22). The number of primary amides is 1. The van der Waals surface area contributed by atoms with Crippen LogP contribution in [0.2, 0.25) is 0 Å². The summed E-state index contributed by atoms with van der Waals surface area (Å²) in [6.45, 7) is 3.49. The first-order valence-corrected chi connectivity index (χ1v) is 7.42. The summed E-state index contributed by atoms with van der Waals surface area (Å²) in [6, 6.07) is 1.94. The molecule has 7 heteroatoms. The molecule has 22 heavy (non-hydrogen) atoms. The van der Waals surface area contributed by atoms with Crippen molar-refractivity contribution in [3.8, 4) is 11.4 Å². The third kappa shape index (κ3) is 2.66. The van der Waals surface area contributed by atoms with Gasteiger partial charge in [-0.05, 0) is 31.4 Å². The highest BCUT2D eigenvalue weighted by Crippen LogP contribution is 2.25. The first kappa shape index (κ1) is 14.5. The molecule has 0 saturated carbocycles. The van der Waals surface area contributed by atoms with Gasteiger partial charge in [-0.2, -0.15) is 5.10 Å². The fraction of sp³-hybridized carbons (Fsp3) is 0.467. The van der Waals surface area contributed by atoms with E-state index in [4.69, 9.17) is 10.7 Å². The van der Waals surface area contributed by atoms with Gasteiger partial charge in [0.15, 0.2) is 0 Å². The van der Waals surface area contributed by atoms with Crippen LogP contribution >= 0.6 is 0 Å². The average Bonchev–Trinajstić information content (AvgIpc) is 2.94. The Hall–Kier alpha value is -2.44. The molecule has 3 rings (SSSR count). The summed E-state index contributed by atoms with van der Waals surface area (Å²) >= 11 is 0. The maximum atomic E-state index is 11.3. The van der Waals surface area contributed by atoms with E-state index >= 15 is 0 Å². The molecule has 1 aliphatic rings. The zero-order valence-electron chi connectivity index (χ0n) is 12.9. The fourth-order valence-corrected chi connectivity index (χ4v) is 2.81. The Kier molecular flexibility index (Phi) is 3.79. The molecule has 2 aromatic heterocycles. The van der Waals surface area contributed by atoms with Crippen molar-refractivity contribution in [2.24, 2.45) is 18.7 Å². The lowest BCUT2D eigenvalue weighted by molar-refractivity contribution is -0.122. The second kappa shape index (κ2) is 5.75. The van der Waals surface area contributed by atoms with E-state index in [-0.39, 0.29) is 11.8 Å². The number of nitrogens with zero attached hydrogens (tertiary/aromatic N) is 5. The third-order valence-electron chi connectivity index (χ3n) is 4.20. The largest absolute Gasteiger partial charge is 0.369 e. The number of rotatable bonds is 3. The van der Waals surface area contributed by atoms with Gasteiger partial charge < -0.3 is 10.6 Å². The third-order valence-corrected chi connectivity index (χ3v) is 4.20. The normalized spacial score (nSPS) is 16.0. The van der Waals surface area contributed by atoms with Gasteiger partial charge in [0.1, 0.15) is 0 Å². The maximum absolute atomic E-state index is 11.3. The molecule has 7 nitrogen and oxygen atoms in total. The van der Waals surface area contributed by atoms with Crippen molar-refractivity contribution in [3.63, 3.8) is 0 Å². The second-order valence-electron chi connectivity index (χ2n) is 5.71. The van der Waals surface area contributed by atoms with Gasteiger partial charge in [-0.1, -0.05) is 0 Å². The van der Waals surface area contributed by atoms with Crippen molar-refractivity contribution < 1.29 is 4.79 Å². The van der Waals surface area contributed by atoms with Crippen molar-refractivity contribution >= 4 is 11.9 Å². The van der Waals surface area contributed by atoms with E-state index in [1.165, 1.54) is 0 Å². The summed E-state index contributed by atoms with van der Waals surface area (Å²) < 4.78 is 1.80. The Morgan fingerprint density at radius 2 is 2.09 bits per heavy atom. The Morgan fingerprint density at radius 1 is 1.36 bits per heavy atom. The predicted molar refractivity (Wildman–Crippen MR) is 83.1 cm³/mol. The zero-order valence-corrected chi connectivity index (χ0v) is 12.9. The molecule has 3 heterocycles. The molecule has 116 valence electrons. The van der Waals surface area contributed by atoms with Crippen molar-refractivity contribution in [1.29, 1.82) is 0 Å². The SMILES string of the molecule is Cc1cnc(N2CCC(C(N)=O)CC2)nc1-c1ccnn1C. The Labute approximate surface area is 129 Å². The van der Waals surface area contributed by atoms with E-state index < -0.39 is 0 Å². The Morgan fingerprint density at radius 3 is 2.68 bits per heavy atom. The van der Waals surface area contributed by atoms with Crippen LogP contribution in [0.5, 0.6) is 0 Å². The maximum Gasteiger partial charge on any atom is 0.225 e. The molecule has 0 aromatic carbocycles. The summed E-state index contributed by atoms with van der Waals surface area (Å²) in [6.07, 6.45) is 5.11. The molecule has 1 saturated heterocycles. The molecular formula is C15H20N6O. The van der Waals surface area contributed by atoms with E-state index in [1.807, 2.05) is 26.2 Å². The second-order valence-corrected chi connectivity index (χ2v) is 5.71. The monoisotopic (exact) mass is 300 g/mol. The number of hydrogen-bond donors (Lipinski definition) is 1. The fourth-order valence-electron chi connectivity index (χ4n) is 2.81. The van der Waals surface area contributed by atoms with E-state index in [2.05, 4.69) is 15.0 Å². The van der Waals surface area contributed by atoms with Crippen molar-refractivity contribution in [1.82, 2.24) is 19.7 Å².